The van der Waals surface area contributed by atoms with E-state index >= 15 is 0 Å². The Labute approximate surface area is 218 Å². The van der Waals surface area contributed by atoms with Gasteiger partial charge in [-0.05, 0) is 54.5 Å². The van der Waals surface area contributed by atoms with Crippen LogP contribution >= 0.6 is 0 Å². The Hall–Kier alpha value is -3.41. The predicted molar refractivity (Wildman–Crippen MR) is 140 cm³/mol. The van der Waals surface area contributed by atoms with Gasteiger partial charge in [0.2, 0.25) is 11.8 Å². The second-order valence-electron chi connectivity index (χ2n) is 9.32. The van der Waals surface area contributed by atoms with Crippen molar-refractivity contribution in [3.63, 3.8) is 0 Å². The first-order valence-corrected chi connectivity index (χ1v) is 12.8. The summed E-state index contributed by atoms with van der Waals surface area (Å²) in [6, 6.07) is 10.8. The Morgan fingerprint density at radius 2 is 2.00 bits per heavy atom. The van der Waals surface area contributed by atoms with Crippen molar-refractivity contribution in [1.29, 1.82) is 0 Å². The van der Waals surface area contributed by atoms with Gasteiger partial charge < -0.3 is 25.8 Å². The third-order valence-electron chi connectivity index (χ3n) is 6.30. The molecule has 2 bridgehead atoms. The number of halogens is 1. The van der Waals surface area contributed by atoms with E-state index in [0.29, 0.717) is 37.3 Å². The van der Waals surface area contributed by atoms with Crippen LogP contribution in [0.4, 0.5) is 4.39 Å². The van der Waals surface area contributed by atoms with E-state index in [1.54, 1.807) is 6.07 Å². The molecule has 198 valence electrons. The summed E-state index contributed by atoms with van der Waals surface area (Å²) in [4.78, 5) is 25.5. The van der Waals surface area contributed by atoms with E-state index in [0.717, 1.165) is 12.0 Å². The second-order valence-corrected chi connectivity index (χ2v) is 9.32. The number of amides is 2. The maximum atomic E-state index is 14.3. The maximum Gasteiger partial charge on any atom is 0.243 e. The third kappa shape index (κ3) is 9.19. The van der Waals surface area contributed by atoms with Crippen molar-refractivity contribution in [3.05, 3.63) is 65.0 Å². The number of hydrogen-bond donors (Lipinski definition) is 4. The number of hydrogen-bond acceptors (Lipinski definition) is 5. The average Bonchev–Trinajstić information content (AvgIpc) is 2.87. The zero-order chi connectivity index (χ0) is 26.6. The topological polar surface area (TPSA) is 99.7 Å². The van der Waals surface area contributed by atoms with Crippen LogP contribution in [0.3, 0.4) is 0 Å². The number of nitrogens with one attached hydrogen (secondary N) is 3. The predicted octanol–water partition coefficient (Wildman–Crippen LogP) is 2.64. The molecule has 1 unspecified atom stereocenters. The van der Waals surface area contributed by atoms with Gasteiger partial charge in [0.25, 0.3) is 0 Å². The van der Waals surface area contributed by atoms with Crippen molar-refractivity contribution < 1.29 is 23.8 Å². The zero-order valence-electron chi connectivity index (χ0n) is 21.3. The van der Waals surface area contributed by atoms with Gasteiger partial charge in [-0.25, -0.2) is 4.39 Å². The van der Waals surface area contributed by atoms with Gasteiger partial charge in [-0.1, -0.05) is 31.2 Å². The second kappa shape index (κ2) is 14.4. The lowest BCUT2D eigenvalue weighted by Crippen LogP contribution is -2.54. The standard InChI is InChI=1S/C29H36FN3O4/c1-3-8-25-29(36)33-26(27(34)19-31-18-21-10-7-9-20(4-2)13-21)16-22-14-23(30)17-24(15-22)37-12-6-5-11-28(35)32-25/h1,7,9-10,13-15,17,25-27,31,34H,4-6,8,11-12,16,18-19H2,2H3,(H,32,35)(H,33,36)/t25?,26-,27+/m0/s1. The molecule has 0 saturated carbocycles. The molecule has 0 aromatic heterocycles. The number of aliphatic hydroxyl groups excluding tert-OH is 1. The summed E-state index contributed by atoms with van der Waals surface area (Å²) in [5.41, 5.74) is 2.88. The van der Waals surface area contributed by atoms with Crippen LogP contribution in [0.1, 0.15) is 49.3 Å². The summed E-state index contributed by atoms with van der Waals surface area (Å²) in [7, 11) is 0. The van der Waals surface area contributed by atoms with Gasteiger partial charge in [0.1, 0.15) is 17.6 Å². The molecule has 0 spiro atoms. The van der Waals surface area contributed by atoms with E-state index in [4.69, 9.17) is 11.2 Å². The molecular weight excluding hydrogens is 473 g/mol. The molecule has 7 nitrogen and oxygen atoms in total. The summed E-state index contributed by atoms with van der Waals surface area (Å²) in [5, 5.41) is 19.8. The fourth-order valence-electron chi connectivity index (χ4n) is 4.28. The van der Waals surface area contributed by atoms with Gasteiger partial charge in [0.15, 0.2) is 0 Å². The Morgan fingerprint density at radius 1 is 1.19 bits per heavy atom. The molecule has 1 aliphatic rings. The van der Waals surface area contributed by atoms with E-state index in [9.17, 15) is 19.1 Å². The molecule has 0 saturated heterocycles. The highest BCUT2D eigenvalue weighted by Gasteiger charge is 2.27. The number of carbonyl (C=O) groups excluding carboxylic acids is 2. The van der Waals surface area contributed by atoms with E-state index in [1.165, 1.54) is 17.7 Å². The van der Waals surface area contributed by atoms with E-state index in [2.05, 4.69) is 40.9 Å². The number of carbonyl (C=O) groups is 2. The Balaban J connectivity index is 1.78. The highest BCUT2D eigenvalue weighted by atomic mass is 19.1. The summed E-state index contributed by atoms with van der Waals surface area (Å²) >= 11 is 0. The molecule has 8 heteroatoms. The molecular formula is C29H36FN3O4. The fourth-order valence-corrected chi connectivity index (χ4v) is 4.28. The minimum absolute atomic E-state index is 0.0135. The quantitative estimate of drug-likeness (QED) is 0.430. The lowest BCUT2D eigenvalue weighted by Gasteiger charge is -2.27. The van der Waals surface area contributed by atoms with Crippen LogP contribution < -0.4 is 20.7 Å². The van der Waals surface area contributed by atoms with E-state index in [1.807, 2.05) is 12.1 Å². The third-order valence-corrected chi connectivity index (χ3v) is 6.30. The number of benzene rings is 2. The van der Waals surface area contributed by atoms with Gasteiger partial charge in [-0.2, -0.15) is 0 Å². The normalized spacial score (nSPS) is 19.8. The Kier molecular flexibility index (Phi) is 10.9. The van der Waals surface area contributed by atoms with Crippen molar-refractivity contribution in [2.24, 2.45) is 0 Å². The van der Waals surface area contributed by atoms with E-state index in [-0.39, 0.29) is 31.7 Å². The maximum absolute atomic E-state index is 14.3. The van der Waals surface area contributed by atoms with E-state index < -0.39 is 29.9 Å². The molecule has 4 N–H and O–H groups in total. The highest BCUT2D eigenvalue weighted by Crippen LogP contribution is 2.19. The van der Waals surface area contributed by atoms with Crippen molar-refractivity contribution in [1.82, 2.24) is 16.0 Å². The SMILES string of the molecule is C#CCC1NC(=O)CCCCOc2cc(F)cc(c2)C[C@@H]([C@H](O)CNCc2cccc(CC)c2)NC1=O. The monoisotopic (exact) mass is 509 g/mol. The van der Waals surface area contributed by atoms with Gasteiger partial charge in [0.05, 0.1) is 18.8 Å². The largest absolute Gasteiger partial charge is 0.493 e. The molecule has 3 atom stereocenters. The van der Waals surface area contributed by atoms with Crippen LogP contribution in [0, 0.1) is 18.2 Å². The number of ether oxygens (including phenoxy) is 1. The first-order chi connectivity index (χ1) is 17.9. The molecule has 0 aliphatic carbocycles. The van der Waals surface area contributed by atoms with Gasteiger partial charge in [-0.15, -0.1) is 12.3 Å². The molecule has 1 heterocycles. The van der Waals surface area contributed by atoms with Crippen LogP contribution in [0.5, 0.6) is 5.75 Å². The Bertz CT molecular complexity index is 1100. The summed E-state index contributed by atoms with van der Waals surface area (Å²) in [5.74, 6) is 1.56. The van der Waals surface area contributed by atoms with Crippen molar-refractivity contribution >= 4 is 11.8 Å². The number of terminal acetylenes is 1. The van der Waals surface area contributed by atoms with Gasteiger partial charge in [0, 0.05) is 32.0 Å². The van der Waals surface area contributed by atoms with Crippen LogP contribution in [0.2, 0.25) is 0 Å². The minimum atomic E-state index is -0.996. The van der Waals surface area contributed by atoms with Gasteiger partial charge >= 0.3 is 0 Å². The Morgan fingerprint density at radius 3 is 2.78 bits per heavy atom. The average molecular weight is 510 g/mol. The minimum Gasteiger partial charge on any atom is -0.493 e. The lowest BCUT2D eigenvalue weighted by molar-refractivity contribution is -0.129. The number of aryl methyl sites for hydroxylation is 1. The van der Waals surface area contributed by atoms with Crippen LogP contribution in [-0.2, 0) is 29.0 Å². The number of aliphatic hydroxyl groups is 1. The van der Waals surface area contributed by atoms with Crippen molar-refractivity contribution in [2.45, 2.75) is 70.2 Å². The van der Waals surface area contributed by atoms with Crippen molar-refractivity contribution in [3.8, 4) is 18.1 Å². The van der Waals surface area contributed by atoms with Crippen LogP contribution in [-0.4, -0.2) is 48.3 Å². The van der Waals surface area contributed by atoms with Gasteiger partial charge in [-0.3, -0.25) is 9.59 Å². The molecule has 0 fully saturated rings. The summed E-state index contributed by atoms with van der Waals surface area (Å²) in [6.45, 7) is 3.15. The first kappa shape index (κ1) is 28.2. The fraction of sp³-hybridized carbons (Fsp3) is 0.448. The summed E-state index contributed by atoms with van der Waals surface area (Å²) in [6.07, 6.45) is 6.90. The molecule has 37 heavy (non-hydrogen) atoms. The van der Waals surface area contributed by atoms with Crippen molar-refractivity contribution in [2.75, 3.05) is 13.2 Å². The molecule has 2 aromatic carbocycles. The molecule has 0 radical (unpaired) electrons. The first-order valence-electron chi connectivity index (χ1n) is 12.8. The molecule has 1 aliphatic heterocycles. The zero-order valence-corrected chi connectivity index (χ0v) is 21.3. The number of rotatable bonds is 7. The molecule has 2 aromatic rings. The molecule has 2 amide bonds. The molecule has 3 rings (SSSR count). The lowest BCUT2D eigenvalue weighted by atomic mass is 9.99. The smallest absolute Gasteiger partial charge is 0.243 e. The number of fused-ring (bicyclic) bond motifs is 2. The van der Waals surface area contributed by atoms with Crippen LogP contribution in [0.25, 0.3) is 0 Å². The van der Waals surface area contributed by atoms with Crippen LogP contribution in [0.15, 0.2) is 42.5 Å². The highest BCUT2D eigenvalue weighted by molar-refractivity contribution is 5.88. The summed E-state index contributed by atoms with van der Waals surface area (Å²) < 4.78 is 20.0.